The summed E-state index contributed by atoms with van der Waals surface area (Å²) in [5.74, 6) is 1.01. The Balaban J connectivity index is 1.64. The summed E-state index contributed by atoms with van der Waals surface area (Å²) in [7, 11) is 7.67. The summed E-state index contributed by atoms with van der Waals surface area (Å²) in [6.07, 6.45) is 3.25. The number of hydrogen-bond donors (Lipinski definition) is 3. The molecule has 2 aromatic heterocycles. The monoisotopic (exact) mass is 556 g/mol. The number of methoxy groups -OCH3 is 1. The van der Waals surface area contributed by atoms with E-state index in [9.17, 15) is 4.79 Å². The molecule has 1 amide bonds. The second-order valence-corrected chi connectivity index (χ2v) is 10.6. The maximum atomic E-state index is 12.3. The Bertz CT molecular complexity index is 1570. The molecular weight excluding hydrogens is 520 g/mol. The number of aromatic amines is 1. The molecule has 0 bridgehead atoms. The number of likely N-dealkylation sites (N-methyl/N-ethyl adjacent to an activating group) is 2. The fraction of sp³-hybridized carbons (Fsp3) is 0.226. The van der Waals surface area contributed by atoms with E-state index < -0.39 is 0 Å². The van der Waals surface area contributed by atoms with Gasteiger partial charge in [0.1, 0.15) is 11.6 Å². The van der Waals surface area contributed by atoms with Crippen LogP contribution in [0.4, 0.5) is 22.7 Å². The van der Waals surface area contributed by atoms with Crippen LogP contribution in [-0.4, -0.2) is 63.0 Å². The number of anilines is 3. The number of aromatic nitrogens is 1. The van der Waals surface area contributed by atoms with Crippen molar-refractivity contribution in [2.75, 3.05) is 56.9 Å². The quantitative estimate of drug-likeness (QED) is 0.110. The van der Waals surface area contributed by atoms with Crippen molar-refractivity contribution < 1.29 is 9.53 Å². The normalized spacial score (nSPS) is 11.5. The van der Waals surface area contributed by atoms with Crippen LogP contribution in [0.3, 0.4) is 0 Å². The molecule has 3 N–H and O–H groups in total. The molecule has 0 atom stereocenters. The molecule has 8 nitrogen and oxygen atoms in total. The second-order valence-electron chi connectivity index (χ2n) is 9.67. The molecule has 0 radical (unpaired) electrons. The second kappa shape index (κ2) is 12.7. The number of ether oxygens (including phenoxy) is 1. The fourth-order valence-corrected chi connectivity index (χ4v) is 5.19. The van der Waals surface area contributed by atoms with Crippen LogP contribution in [0, 0.1) is 0 Å². The third kappa shape index (κ3) is 6.44. The number of para-hydroxylation sites is 1. The predicted molar refractivity (Wildman–Crippen MR) is 171 cm³/mol. The summed E-state index contributed by atoms with van der Waals surface area (Å²) in [5, 5.41) is 9.44. The summed E-state index contributed by atoms with van der Waals surface area (Å²) in [5.41, 5.74) is 6.02. The Morgan fingerprint density at radius 3 is 2.62 bits per heavy atom. The molecule has 0 saturated heterocycles. The Labute approximate surface area is 239 Å². The molecule has 0 spiro atoms. The van der Waals surface area contributed by atoms with E-state index in [2.05, 4.69) is 50.7 Å². The first kappa shape index (κ1) is 28.7. The molecule has 9 heteroatoms. The number of aliphatic imine (C=N–C) groups is 1. The standard InChI is InChI=1S/C31H36N6O2S/c1-8-30(38)35-26-17-27(29(39-7)18-28(26)37(6)15-14-36(4)5)34-21(3)33-25-13-16-40-31(25)20(2)23-19-32-24-12-10-9-11-22(23)24/h8-13,16-19,32H,1-2,14-15H2,3-7H3,(H,33,34)(H,35,38). The van der Waals surface area contributed by atoms with E-state index in [-0.39, 0.29) is 5.91 Å². The first-order chi connectivity index (χ1) is 19.2. The number of nitrogens with zero attached hydrogens (tertiary/aromatic N) is 3. The predicted octanol–water partition coefficient (Wildman–Crippen LogP) is 6.58. The molecule has 0 aliphatic carbocycles. The molecule has 0 saturated carbocycles. The Morgan fingerprint density at radius 2 is 1.90 bits per heavy atom. The van der Waals surface area contributed by atoms with Gasteiger partial charge in [0.2, 0.25) is 5.91 Å². The van der Waals surface area contributed by atoms with Crippen LogP contribution in [-0.2, 0) is 4.79 Å². The molecule has 0 aliphatic rings. The van der Waals surface area contributed by atoms with Crippen molar-refractivity contribution in [3.63, 3.8) is 0 Å². The number of carbonyl (C=O) groups is 1. The van der Waals surface area contributed by atoms with Crippen LogP contribution in [0.25, 0.3) is 16.5 Å². The van der Waals surface area contributed by atoms with Gasteiger partial charge in [0.05, 0.1) is 34.7 Å². The van der Waals surface area contributed by atoms with Gasteiger partial charge in [-0.2, -0.15) is 0 Å². The highest BCUT2D eigenvalue weighted by Gasteiger charge is 2.17. The molecule has 0 unspecified atom stereocenters. The average Bonchev–Trinajstić information content (AvgIpc) is 3.58. The Kier molecular flexibility index (Phi) is 9.08. The molecule has 0 aliphatic heterocycles. The van der Waals surface area contributed by atoms with Crippen LogP contribution in [0.1, 0.15) is 17.4 Å². The molecular formula is C31H36N6O2S. The molecule has 0 fully saturated rings. The number of H-pyrrole nitrogens is 1. The van der Waals surface area contributed by atoms with Crippen molar-refractivity contribution >= 4 is 62.3 Å². The smallest absolute Gasteiger partial charge is 0.247 e. The number of thiophene rings is 1. The van der Waals surface area contributed by atoms with Crippen LogP contribution < -0.4 is 20.3 Å². The van der Waals surface area contributed by atoms with Gasteiger partial charge in [-0.15, -0.1) is 11.3 Å². The van der Waals surface area contributed by atoms with Gasteiger partial charge >= 0.3 is 0 Å². The number of amidine groups is 1. The summed E-state index contributed by atoms with van der Waals surface area (Å²) in [4.78, 5) is 25.7. The van der Waals surface area contributed by atoms with Gasteiger partial charge in [-0.25, -0.2) is 4.99 Å². The number of benzene rings is 2. The third-order valence-electron chi connectivity index (χ3n) is 6.49. The van der Waals surface area contributed by atoms with E-state index in [1.54, 1.807) is 18.4 Å². The van der Waals surface area contributed by atoms with Crippen LogP contribution in [0.2, 0.25) is 0 Å². The lowest BCUT2D eigenvalue weighted by Crippen LogP contribution is -2.29. The summed E-state index contributed by atoms with van der Waals surface area (Å²) in [6.45, 7) is 11.5. The molecule has 40 heavy (non-hydrogen) atoms. The van der Waals surface area contributed by atoms with Crippen molar-refractivity contribution in [2.24, 2.45) is 4.99 Å². The first-order valence-electron chi connectivity index (χ1n) is 12.9. The van der Waals surface area contributed by atoms with Gasteiger partial charge in [0.25, 0.3) is 0 Å². The van der Waals surface area contributed by atoms with Gasteiger partial charge in [-0.3, -0.25) is 4.79 Å². The summed E-state index contributed by atoms with van der Waals surface area (Å²) < 4.78 is 5.73. The number of rotatable bonds is 11. The molecule has 4 aromatic rings. The maximum absolute atomic E-state index is 12.3. The third-order valence-corrected chi connectivity index (χ3v) is 7.45. The Hall–Kier alpha value is -4.34. The van der Waals surface area contributed by atoms with Crippen molar-refractivity contribution in [3.8, 4) is 5.75 Å². The summed E-state index contributed by atoms with van der Waals surface area (Å²) in [6, 6.07) is 13.9. The number of carbonyl (C=O) groups excluding carboxylic acids is 1. The minimum Gasteiger partial charge on any atom is -0.494 e. The highest BCUT2D eigenvalue weighted by atomic mass is 32.1. The van der Waals surface area contributed by atoms with Crippen LogP contribution in [0.5, 0.6) is 5.75 Å². The number of amides is 1. The topological polar surface area (TPSA) is 85.0 Å². The van der Waals surface area contributed by atoms with Crippen molar-refractivity contribution in [1.29, 1.82) is 0 Å². The average molecular weight is 557 g/mol. The zero-order chi connectivity index (χ0) is 28.8. The minimum atomic E-state index is -0.289. The highest BCUT2D eigenvalue weighted by molar-refractivity contribution is 7.11. The SMILES string of the molecule is C=CC(=O)Nc1cc(NC(C)=Nc2ccsc2C(=C)c2c[nH]c3ccccc23)c(OC)cc1N(C)CCN(C)C. The largest absolute Gasteiger partial charge is 0.494 e. The van der Waals surface area contributed by atoms with Gasteiger partial charge in [-0.05, 0) is 56.2 Å². The van der Waals surface area contributed by atoms with E-state index in [4.69, 9.17) is 9.73 Å². The van der Waals surface area contributed by atoms with Gasteiger partial charge in [0, 0.05) is 48.9 Å². The zero-order valence-corrected chi connectivity index (χ0v) is 24.5. The minimum absolute atomic E-state index is 0.289. The molecule has 2 aromatic carbocycles. The van der Waals surface area contributed by atoms with E-state index >= 15 is 0 Å². The van der Waals surface area contributed by atoms with Crippen molar-refractivity contribution in [1.82, 2.24) is 9.88 Å². The molecule has 4 rings (SSSR count). The van der Waals surface area contributed by atoms with Crippen LogP contribution >= 0.6 is 11.3 Å². The van der Waals surface area contributed by atoms with Crippen molar-refractivity contribution in [2.45, 2.75) is 6.92 Å². The lowest BCUT2D eigenvalue weighted by molar-refractivity contribution is -0.111. The number of nitrogens with one attached hydrogen (secondary N) is 3. The van der Waals surface area contributed by atoms with E-state index in [1.807, 2.05) is 70.0 Å². The number of hydrogen-bond acceptors (Lipinski definition) is 6. The lowest BCUT2D eigenvalue weighted by Gasteiger charge is -2.26. The van der Waals surface area contributed by atoms with Crippen LogP contribution in [0.15, 0.2) is 78.3 Å². The molecule has 2 heterocycles. The van der Waals surface area contributed by atoms with Gasteiger partial charge in [-0.1, -0.05) is 31.4 Å². The van der Waals surface area contributed by atoms with E-state index in [1.165, 1.54) is 6.08 Å². The highest BCUT2D eigenvalue weighted by Crippen LogP contribution is 2.39. The van der Waals surface area contributed by atoms with Gasteiger partial charge in [0.15, 0.2) is 0 Å². The maximum Gasteiger partial charge on any atom is 0.247 e. The fourth-order valence-electron chi connectivity index (χ4n) is 4.37. The lowest BCUT2D eigenvalue weighted by atomic mass is 10.0. The Morgan fingerprint density at radius 1 is 1.12 bits per heavy atom. The van der Waals surface area contributed by atoms with Crippen molar-refractivity contribution in [3.05, 3.63) is 83.7 Å². The first-order valence-corrected chi connectivity index (χ1v) is 13.8. The van der Waals surface area contributed by atoms with E-state index in [0.29, 0.717) is 23.0 Å². The molecule has 208 valence electrons. The van der Waals surface area contributed by atoms with Gasteiger partial charge < -0.3 is 30.2 Å². The van der Waals surface area contributed by atoms with E-state index in [0.717, 1.165) is 51.4 Å². The summed E-state index contributed by atoms with van der Waals surface area (Å²) >= 11 is 1.61. The zero-order valence-electron chi connectivity index (χ0n) is 23.7. The number of fused-ring (bicyclic) bond motifs is 1.